The molecule has 0 amide bonds. The summed E-state index contributed by atoms with van der Waals surface area (Å²) in [5.74, 6) is 0.819. The maximum Gasteiger partial charge on any atom is 0.287 e. The quantitative estimate of drug-likeness (QED) is 0.581. The molecule has 0 unspecified atom stereocenters. The third-order valence-corrected chi connectivity index (χ3v) is 3.16. The molecule has 6 heteroatoms. The summed E-state index contributed by atoms with van der Waals surface area (Å²) in [6.07, 6.45) is 2.42. The summed E-state index contributed by atoms with van der Waals surface area (Å²) in [5, 5.41) is 10.5. The van der Waals surface area contributed by atoms with Crippen molar-refractivity contribution in [3.63, 3.8) is 0 Å². The molecular weight excluding hydrogens is 220 g/mol. The molecule has 0 radical (unpaired) electrons. The first-order chi connectivity index (χ1) is 8.08. The fourth-order valence-electron chi connectivity index (χ4n) is 2.04. The van der Waals surface area contributed by atoms with Crippen LogP contribution in [0.1, 0.15) is 6.42 Å². The summed E-state index contributed by atoms with van der Waals surface area (Å²) >= 11 is 0. The van der Waals surface area contributed by atoms with Crippen molar-refractivity contribution in [2.75, 3.05) is 32.1 Å². The predicted octanol–water partition coefficient (Wildman–Crippen LogP) is 1.13. The lowest BCUT2D eigenvalue weighted by molar-refractivity contribution is -0.385. The normalized spacial score (nSPS) is 19.9. The molecule has 17 heavy (non-hydrogen) atoms. The van der Waals surface area contributed by atoms with Crippen molar-refractivity contribution in [3.05, 3.63) is 28.4 Å². The number of rotatable bonds is 3. The van der Waals surface area contributed by atoms with Crippen LogP contribution in [0.3, 0.4) is 0 Å². The Morgan fingerprint density at radius 3 is 2.76 bits per heavy atom. The van der Waals surface area contributed by atoms with Gasteiger partial charge in [-0.3, -0.25) is 10.1 Å². The lowest BCUT2D eigenvalue weighted by atomic mass is 10.2. The van der Waals surface area contributed by atoms with Crippen molar-refractivity contribution in [2.45, 2.75) is 12.5 Å². The van der Waals surface area contributed by atoms with Crippen molar-refractivity contribution < 1.29 is 4.92 Å². The predicted molar refractivity (Wildman–Crippen MR) is 65.2 cm³/mol. The van der Waals surface area contributed by atoms with Crippen molar-refractivity contribution in [2.24, 2.45) is 0 Å². The Morgan fingerprint density at radius 2 is 2.29 bits per heavy atom. The lowest BCUT2D eigenvalue weighted by Crippen LogP contribution is -2.31. The number of nitrogens with zero attached hydrogens (tertiary/aromatic N) is 4. The van der Waals surface area contributed by atoms with Gasteiger partial charge < -0.3 is 9.80 Å². The molecule has 1 aromatic heterocycles. The van der Waals surface area contributed by atoms with Crippen molar-refractivity contribution in [1.82, 2.24) is 9.88 Å². The van der Waals surface area contributed by atoms with Gasteiger partial charge in [-0.2, -0.15) is 0 Å². The van der Waals surface area contributed by atoms with Crippen LogP contribution >= 0.6 is 0 Å². The highest BCUT2D eigenvalue weighted by Crippen LogP contribution is 2.21. The molecule has 0 spiro atoms. The first-order valence-corrected chi connectivity index (χ1v) is 5.60. The standard InChI is InChI=1S/C11H16N4O2/c1-13(2)10-5-6-14(8-10)11-4-3-9(7-12-11)15(16)17/h3-4,7,10H,5-6,8H2,1-2H3/t10-/m0/s1. The largest absolute Gasteiger partial charge is 0.355 e. The average molecular weight is 236 g/mol. The van der Waals surface area contributed by atoms with E-state index >= 15 is 0 Å². The molecule has 1 fully saturated rings. The van der Waals surface area contributed by atoms with E-state index in [0.717, 1.165) is 25.3 Å². The van der Waals surface area contributed by atoms with Crippen LogP contribution in [-0.2, 0) is 0 Å². The zero-order valence-electron chi connectivity index (χ0n) is 10.0. The van der Waals surface area contributed by atoms with Crippen LogP contribution in [0.4, 0.5) is 11.5 Å². The van der Waals surface area contributed by atoms with Gasteiger partial charge in [-0.1, -0.05) is 0 Å². The monoisotopic (exact) mass is 236 g/mol. The highest BCUT2D eigenvalue weighted by molar-refractivity contribution is 5.44. The van der Waals surface area contributed by atoms with Crippen LogP contribution in [-0.4, -0.2) is 48.0 Å². The molecule has 92 valence electrons. The first-order valence-electron chi connectivity index (χ1n) is 5.60. The Balaban J connectivity index is 2.06. The van der Waals surface area contributed by atoms with Crippen molar-refractivity contribution >= 4 is 11.5 Å². The van der Waals surface area contributed by atoms with E-state index in [1.165, 1.54) is 12.3 Å². The number of pyridine rings is 1. The molecule has 1 aliphatic rings. The highest BCUT2D eigenvalue weighted by atomic mass is 16.6. The second kappa shape index (κ2) is 4.67. The molecule has 0 bridgehead atoms. The van der Waals surface area contributed by atoms with Gasteiger partial charge in [0.05, 0.1) is 4.92 Å². The van der Waals surface area contributed by atoms with Crippen LogP contribution in [0, 0.1) is 10.1 Å². The Labute approximate surface area is 100 Å². The number of anilines is 1. The molecule has 1 saturated heterocycles. The number of hydrogen-bond donors (Lipinski definition) is 0. The molecule has 6 nitrogen and oxygen atoms in total. The minimum Gasteiger partial charge on any atom is -0.355 e. The fraction of sp³-hybridized carbons (Fsp3) is 0.545. The average Bonchev–Trinajstić information content (AvgIpc) is 2.78. The van der Waals surface area contributed by atoms with Crippen LogP contribution < -0.4 is 4.90 Å². The third kappa shape index (κ3) is 2.52. The van der Waals surface area contributed by atoms with E-state index in [1.54, 1.807) is 6.07 Å². The van der Waals surface area contributed by atoms with Crippen molar-refractivity contribution in [3.8, 4) is 0 Å². The van der Waals surface area contributed by atoms with E-state index < -0.39 is 4.92 Å². The fourth-order valence-corrected chi connectivity index (χ4v) is 2.04. The minimum atomic E-state index is -0.427. The molecule has 2 heterocycles. The van der Waals surface area contributed by atoms with Gasteiger partial charge >= 0.3 is 0 Å². The number of likely N-dealkylation sites (N-methyl/N-ethyl adjacent to an activating group) is 1. The summed E-state index contributed by atoms with van der Waals surface area (Å²) in [6.45, 7) is 1.88. The molecule has 1 aromatic rings. The zero-order valence-corrected chi connectivity index (χ0v) is 10.0. The van der Waals surface area contributed by atoms with E-state index in [9.17, 15) is 10.1 Å². The Morgan fingerprint density at radius 1 is 1.53 bits per heavy atom. The van der Waals surface area contributed by atoms with Gasteiger partial charge in [-0.25, -0.2) is 4.98 Å². The Bertz CT molecular complexity index is 404. The smallest absolute Gasteiger partial charge is 0.287 e. The first kappa shape index (κ1) is 11.8. The van der Waals surface area contributed by atoms with Gasteiger partial charge in [0.2, 0.25) is 0 Å². The van der Waals surface area contributed by atoms with E-state index in [4.69, 9.17) is 0 Å². The molecule has 2 rings (SSSR count). The number of nitro groups is 1. The second-order valence-electron chi connectivity index (χ2n) is 4.48. The SMILES string of the molecule is CN(C)[C@H]1CCN(c2ccc([N+](=O)[O-])cn2)C1. The third-order valence-electron chi connectivity index (χ3n) is 3.16. The Kier molecular flexibility index (Phi) is 3.23. The molecular formula is C11H16N4O2. The van der Waals surface area contributed by atoms with E-state index in [1.807, 2.05) is 0 Å². The molecule has 1 aliphatic heterocycles. The number of hydrogen-bond acceptors (Lipinski definition) is 5. The van der Waals surface area contributed by atoms with E-state index in [-0.39, 0.29) is 5.69 Å². The molecule has 0 saturated carbocycles. The van der Waals surface area contributed by atoms with Crippen LogP contribution in [0.15, 0.2) is 18.3 Å². The van der Waals surface area contributed by atoms with Crippen LogP contribution in [0.2, 0.25) is 0 Å². The lowest BCUT2D eigenvalue weighted by Gasteiger charge is -2.20. The Hall–Kier alpha value is -1.69. The zero-order chi connectivity index (χ0) is 12.4. The molecule has 1 atom stereocenters. The summed E-state index contributed by atoms with van der Waals surface area (Å²) in [4.78, 5) is 18.6. The van der Waals surface area contributed by atoms with Crippen LogP contribution in [0.25, 0.3) is 0 Å². The van der Waals surface area contributed by atoms with Gasteiger partial charge in [0.25, 0.3) is 5.69 Å². The highest BCUT2D eigenvalue weighted by Gasteiger charge is 2.24. The second-order valence-corrected chi connectivity index (χ2v) is 4.48. The molecule has 0 aliphatic carbocycles. The molecule has 0 aromatic carbocycles. The van der Waals surface area contributed by atoms with Crippen LogP contribution in [0.5, 0.6) is 0 Å². The summed E-state index contributed by atoms with van der Waals surface area (Å²) in [7, 11) is 4.13. The van der Waals surface area contributed by atoms with E-state index in [0.29, 0.717) is 6.04 Å². The minimum absolute atomic E-state index is 0.0390. The summed E-state index contributed by atoms with van der Waals surface area (Å²) in [6, 6.07) is 3.76. The maximum atomic E-state index is 10.5. The topological polar surface area (TPSA) is 62.5 Å². The van der Waals surface area contributed by atoms with Gasteiger partial charge in [0, 0.05) is 25.2 Å². The van der Waals surface area contributed by atoms with Gasteiger partial charge in [0.15, 0.2) is 0 Å². The molecule has 0 N–H and O–H groups in total. The van der Waals surface area contributed by atoms with Crippen molar-refractivity contribution in [1.29, 1.82) is 0 Å². The van der Waals surface area contributed by atoms with Gasteiger partial charge in [-0.05, 0) is 26.6 Å². The van der Waals surface area contributed by atoms with Gasteiger partial charge in [0.1, 0.15) is 12.0 Å². The number of aromatic nitrogens is 1. The summed E-state index contributed by atoms with van der Waals surface area (Å²) in [5.41, 5.74) is 0.0390. The maximum absolute atomic E-state index is 10.5. The van der Waals surface area contributed by atoms with Gasteiger partial charge in [-0.15, -0.1) is 0 Å². The van der Waals surface area contributed by atoms with E-state index in [2.05, 4.69) is 28.9 Å². The summed E-state index contributed by atoms with van der Waals surface area (Å²) < 4.78 is 0.